The molecule has 2 saturated heterocycles. The molecule has 5 nitrogen and oxygen atoms in total. The Morgan fingerprint density at radius 1 is 1.48 bits per heavy atom. The molecule has 2 aliphatic rings. The number of likely N-dealkylation sites (tertiary alicyclic amines) is 1. The van der Waals surface area contributed by atoms with Crippen LogP contribution < -0.4 is 5.32 Å². The zero-order valence-corrected chi connectivity index (χ0v) is 12.3. The molecule has 0 aliphatic carbocycles. The first-order valence-corrected chi connectivity index (χ1v) is 7.92. The minimum absolute atomic E-state index is 0.0222. The summed E-state index contributed by atoms with van der Waals surface area (Å²) >= 11 is 1.59. The number of amides is 2. The third kappa shape index (κ3) is 2.10. The van der Waals surface area contributed by atoms with Crippen LogP contribution in [0.5, 0.6) is 0 Å². The average molecular weight is 301 g/mol. The molecule has 0 radical (unpaired) electrons. The molecule has 0 saturated carbocycles. The second-order valence-electron chi connectivity index (χ2n) is 5.96. The number of thiophene rings is 1. The molecule has 2 aromatic heterocycles. The third-order valence-electron chi connectivity index (χ3n) is 4.47. The first kappa shape index (κ1) is 12.8. The lowest BCUT2D eigenvalue weighted by Crippen LogP contribution is -2.33. The van der Waals surface area contributed by atoms with E-state index in [0.717, 1.165) is 23.2 Å². The topological polar surface area (TPSA) is 62.3 Å². The predicted octanol–water partition coefficient (Wildman–Crippen LogP) is 1.65. The van der Waals surface area contributed by atoms with Crippen molar-refractivity contribution in [2.75, 3.05) is 19.6 Å². The molecule has 4 heterocycles. The summed E-state index contributed by atoms with van der Waals surface area (Å²) in [6.45, 7) is 2.07. The van der Waals surface area contributed by atoms with E-state index in [1.807, 2.05) is 22.4 Å². The van der Waals surface area contributed by atoms with Gasteiger partial charge in [0.2, 0.25) is 5.91 Å². The highest BCUT2D eigenvalue weighted by Gasteiger charge is 2.45. The maximum atomic E-state index is 12.6. The maximum Gasteiger partial charge on any atom is 0.255 e. The van der Waals surface area contributed by atoms with Crippen molar-refractivity contribution in [1.82, 2.24) is 15.2 Å². The molecule has 2 aromatic rings. The lowest BCUT2D eigenvalue weighted by molar-refractivity contribution is -0.119. The largest absolute Gasteiger partial charge is 0.355 e. The van der Waals surface area contributed by atoms with E-state index in [2.05, 4.69) is 10.3 Å². The normalized spacial score (nSPS) is 25.0. The molecule has 6 heteroatoms. The fourth-order valence-corrected chi connectivity index (χ4v) is 4.07. The summed E-state index contributed by atoms with van der Waals surface area (Å²) in [4.78, 5) is 30.3. The predicted molar refractivity (Wildman–Crippen MR) is 80.2 cm³/mol. The van der Waals surface area contributed by atoms with Gasteiger partial charge in [0, 0.05) is 37.7 Å². The Balaban J connectivity index is 1.56. The van der Waals surface area contributed by atoms with Crippen molar-refractivity contribution in [3.8, 4) is 0 Å². The fraction of sp³-hybridized carbons (Fsp3) is 0.400. The van der Waals surface area contributed by atoms with Crippen molar-refractivity contribution in [1.29, 1.82) is 0 Å². The number of nitrogens with zero attached hydrogens (tertiary/aromatic N) is 2. The van der Waals surface area contributed by atoms with Gasteiger partial charge in [-0.15, -0.1) is 11.3 Å². The fourth-order valence-electron chi connectivity index (χ4n) is 3.29. The molecule has 1 atom stereocenters. The van der Waals surface area contributed by atoms with E-state index in [1.165, 1.54) is 0 Å². The SMILES string of the molecule is O=C1CC2(CCN(C(=O)c3cnc4ccsc4c3)C2)CN1. The van der Waals surface area contributed by atoms with E-state index in [9.17, 15) is 9.59 Å². The van der Waals surface area contributed by atoms with Crippen molar-refractivity contribution in [3.63, 3.8) is 0 Å². The summed E-state index contributed by atoms with van der Waals surface area (Å²) in [6.07, 6.45) is 3.09. The lowest BCUT2D eigenvalue weighted by Gasteiger charge is -2.21. The molecule has 2 amide bonds. The summed E-state index contributed by atoms with van der Waals surface area (Å²) in [6, 6.07) is 3.87. The highest BCUT2D eigenvalue weighted by atomic mass is 32.1. The van der Waals surface area contributed by atoms with Crippen molar-refractivity contribution in [2.24, 2.45) is 5.41 Å². The second-order valence-corrected chi connectivity index (χ2v) is 6.91. The summed E-state index contributed by atoms with van der Waals surface area (Å²) in [5.74, 6) is 0.125. The first-order valence-electron chi connectivity index (χ1n) is 7.05. The van der Waals surface area contributed by atoms with Gasteiger partial charge in [0.05, 0.1) is 15.8 Å². The molecule has 1 spiro atoms. The number of aromatic nitrogens is 1. The smallest absolute Gasteiger partial charge is 0.255 e. The van der Waals surface area contributed by atoms with Gasteiger partial charge in [-0.25, -0.2) is 0 Å². The molecule has 21 heavy (non-hydrogen) atoms. The van der Waals surface area contributed by atoms with Crippen LogP contribution in [0.4, 0.5) is 0 Å². The Hall–Kier alpha value is -1.95. The van der Waals surface area contributed by atoms with Crippen LogP contribution >= 0.6 is 11.3 Å². The molecule has 4 rings (SSSR count). The van der Waals surface area contributed by atoms with Gasteiger partial charge in [0.15, 0.2) is 0 Å². The zero-order chi connectivity index (χ0) is 14.4. The Labute approximate surface area is 126 Å². The van der Waals surface area contributed by atoms with Gasteiger partial charge in [-0.2, -0.15) is 0 Å². The van der Waals surface area contributed by atoms with Gasteiger partial charge < -0.3 is 10.2 Å². The van der Waals surface area contributed by atoms with E-state index in [4.69, 9.17) is 0 Å². The van der Waals surface area contributed by atoms with Gasteiger partial charge in [-0.3, -0.25) is 14.6 Å². The summed E-state index contributed by atoms with van der Waals surface area (Å²) in [5.41, 5.74) is 1.52. The Morgan fingerprint density at radius 3 is 3.19 bits per heavy atom. The van der Waals surface area contributed by atoms with Crippen LogP contribution in [0, 0.1) is 5.41 Å². The minimum atomic E-state index is -0.0484. The van der Waals surface area contributed by atoms with Crippen LogP contribution in [0.15, 0.2) is 23.7 Å². The Bertz CT molecular complexity index is 741. The Kier molecular flexibility index (Phi) is 2.75. The van der Waals surface area contributed by atoms with Crippen molar-refractivity contribution >= 4 is 33.4 Å². The van der Waals surface area contributed by atoms with Crippen LogP contribution in [0.2, 0.25) is 0 Å². The van der Waals surface area contributed by atoms with Gasteiger partial charge in [0.25, 0.3) is 5.91 Å². The number of nitrogens with one attached hydrogen (secondary N) is 1. The molecule has 2 fully saturated rings. The standard InChI is InChI=1S/C15H15N3O2S/c19-13-6-15(8-17-13)2-3-18(9-15)14(20)10-5-12-11(16-7-10)1-4-21-12/h1,4-5,7H,2-3,6,8-9H2,(H,17,19). The highest BCUT2D eigenvalue weighted by Crippen LogP contribution is 2.37. The molecule has 1 N–H and O–H groups in total. The number of hydrogen-bond donors (Lipinski definition) is 1. The number of carbonyl (C=O) groups is 2. The van der Waals surface area contributed by atoms with E-state index < -0.39 is 0 Å². The van der Waals surface area contributed by atoms with Gasteiger partial charge in [-0.05, 0) is 23.9 Å². The lowest BCUT2D eigenvalue weighted by atomic mass is 9.86. The highest BCUT2D eigenvalue weighted by molar-refractivity contribution is 7.17. The molecule has 2 aliphatic heterocycles. The van der Waals surface area contributed by atoms with E-state index in [-0.39, 0.29) is 17.2 Å². The average Bonchev–Trinajstić information content (AvgIpc) is 3.19. The van der Waals surface area contributed by atoms with Crippen molar-refractivity contribution < 1.29 is 9.59 Å². The molecule has 0 aromatic carbocycles. The van der Waals surface area contributed by atoms with Crippen LogP contribution in [0.1, 0.15) is 23.2 Å². The summed E-state index contributed by atoms with van der Waals surface area (Å²) in [7, 11) is 0. The summed E-state index contributed by atoms with van der Waals surface area (Å²) in [5, 5.41) is 4.86. The minimum Gasteiger partial charge on any atom is -0.355 e. The van der Waals surface area contributed by atoms with Crippen molar-refractivity contribution in [3.05, 3.63) is 29.3 Å². The molecule has 0 bridgehead atoms. The molecule has 1 unspecified atom stereocenters. The van der Waals surface area contributed by atoms with Crippen molar-refractivity contribution in [2.45, 2.75) is 12.8 Å². The molecular formula is C15H15N3O2S. The number of rotatable bonds is 1. The number of carbonyl (C=O) groups excluding carboxylic acids is 2. The van der Waals surface area contributed by atoms with Crippen LogP contribution in [-0.2, 0) is 4.79 Å². The maximum absolute atomic E-state index is 12.6. The first-order chi connectivity index (χ1) is 10.2. The van der Waals surface area contributed by atoms with Crippen LogP contribution in [-0.4, -0.2) is 41.3 Å². The monoisotopic (exact) mass is 301 g/mol. The zero-order valence-electron chi connectivity index (χ0n) is 11.5. The Morgan fingerprint density at radius 2 is 2.38 bits per heavy atom. The number of fused-ring (bicyclic) bond motifs is 1. The van der Waals surface area contributed by atoms with E-state index in [1.54, 1.807) is 17.5 Å². The van der Waals surface area contributed by atoms with Gasteiger partial charge in [0.1, 0.15) is 0 Å². The number of hydrogen-bond acceptors (Lipinski definition) is 4. The second kappa shape index (κ2) is 4.53. The van der Waals surface area contributed by atoms with Gasteiger partial charge in [-0.1, -0.05) is 0 Å². The van der Waals surface area contributed by atoms with Gasteiger partial charge >= 0.3 is 0 Å². The molecule has 108 valence electrons. The van der Waals surface area contributed by atoms with E-state index in [0.29, 0.717) is 25.1 Å². The molecular weight excluding hydrogens is 286 g/mol. The quantitative estimate of drug-likeness (QED) is 0.871. The van der Waals surface area contributed by atoms with E-state index >= 15 is 0 Å². The number of pyridine rings is 1. The third-order valence-corrected chi connectivity index (χ3v) is 5.32. The van der Waals surface area contributed by atoms with Crippen LogP contribution in [0.25, 0.3) is 10.2 Å². The summed E-state index contributed by atoms with van der Waals surface area (Å²) < 4.78 is 1.03. The van der Waals surface area contributed by atoms with Crippen LogP contribution in [0.3, 0.4) is 0 Å².